The summed E-state index contributed by atoms with van der Waals surface area (Å²) in [5.74, 6) is -0.0295. The third kappa shape index (κ3) is 4.27. The van der Waals surface area contributed by atoms with E-state index in [1.165, 1.54) is 4.70 Å². The van der Waals surface area contributed by atoms with Gasteiger partial charge in [0.2, 0.25) is 5.91 Å². The summed E-state index contributed by atoms with van der Waals surface area (Å²) in [6.07, 6.45) is 0. The fourth-order valence-corrected chi connectivity index (χ4v) is 2.57. The van der Waals surface area contributed by atoms with Gasteiger partial charge in [-0.15, -0.1) is 11.3 Å². The van der Waals surface area contributed by atoms with Crippen LogP contribution in [0.25, 0.3) is 10.2 Å². The number of amides is 1. The molecule has 0 fully saturated rings. The highest BCUT2D eigenvalue weighted by Gasteiger charge is 2.04. The van der Waals surface area contributed by atoms with Gasteiger partial charge in [-0.25, -0.2) is 4.98 Å². The zero-order valence-corrected chi connectivity index (χ0v) is 11.6. The minimum atomic E-state index is -0.0295. The standard InChI is InChI=1S/C13H17N3O2S/c1-18-7-6-15-12(17)8-14-9-13-16-10-4-2-3-5-11(10)19-13/h2-5,14H,6-9H2,1H3,(H,15,17). The maximum atomic E-state index is 11.4. The maximum absolute atomic E-state index is 11.4. The summed E-state index contributed by atoms with van der Waals surface area (Å²) < 4.78 is 6.03. The Balaban J connectivity index is 1.74. The molecule has 1 amide bonds. The first-order chi connectivity index (χ1) is 9.29. The van der Waals surface area contributed by atoms with Gasteiger partial charge in [0.15, 0.2) is 0 Å². The predicted octanol–water partition coefficient (Wildman–Crippen LogP) is 1.15. The molecule has 0 aliphatic rings. The number of nitrogens with one attached hydrogen (secondary N) is 2. The number of carbonyl (C=O) groups excluding carboxylic acids is 1. The normalized spacial score (nSPS) is 10.8. The first kappa shape index (κ1) is 13.9. The van der Waals surface area contributed by atoms with Crippen LogP contribution in [-0.4, -0.2) is 37.7 Å². The van der Waals surface area contributed by atoms with Crippen molar-refractivity contribution < 1.29 is 9.53 Å². The molecule has 0 saturated carbocycles. The number of para-hydroxylation sites is 1. The molecule has 0 bridgehead atoms. The first-order valence-electron chi connectivity index (χ1n) is 6.10. The lowest BCUT2D eigenvalue weighted by Gasteiger charge is -2.04. The van der Waals surface area contributed by atoms with Crippen molar-refractivity contribution in [2.75, 3.05) is 26.8 Å². The van der Waals surface area contributed by atoms with Crippen molar-refractivity contribution in [3.8, 4) is 0 Å². The molecule has 6 heteroatoms. The molecule has 1 aromatic heterocycles. The lowest BCUT2D eigenvalue weighted by Crippen LogP contribution is -2.35. The number of benzene rings is 1. The topological polar surface area (TPSA) is 63.2 Å². The second-order valence-electron chi connectivity index (χ2n) is 4.02. The maximum Gasteiger partial charge on any atom is 0.234 e. The van der Waals surface area contributed by atoms with Gasteiger partial charge in [-0.1, -0.05) is 12.1 Å². The number of hydrogen-bond donors (Lipinski definition) is 2. The molecule has 2 N–H and O–H groups in total. The minimum absolute atomic E-state index is 0.0295. The highest BCUT2D eigenvalue weighted by molar-refractivity contribution is 7.18. The van der Waals surface area contributed by atoms with E-state index >= 15 is 0 Å². The van der Waals surface area contributed by atoms with Gasteiger partial charge in [-0.3, -0.25) is 4.79 Å². The Labute approximate surface area is 116 Å². The molecule has 2 aromatic rings. The van der Waals surface area contributed by atoms with Crippen molar-refractivity contribution in [1.29, 1.82) is 0 Å². The van der Waals surface area contributed by atoms with E-state index < -0.39 is 0 Å². The zero-order chi connectivity index (χ0) is 13.5. The van der Waals surface area contributed by atoms with Crippen LogP contribution in [0.4, 0.5) is 0 Å². The summed E-state index contributed by atoms with van der Waals surface area (Å²) in [6.45, 7) is 1.97. The molecule has 0 saturated heterocycles. The first-order valence-corrected chi connectivity index (χ1v) is 6.92. The van der Waals surface area contributed by atoms with Crippen LogP contribution >= 0.6 is 11.3 Å². The fraction of sp³-hybridized carbons (Fsp3) is 0.385. The summed E-state index contributed by atoms with van der Waals surface area (Å²) in [6, 6.07) is 8.02. The van der Waals surface area contributed by atoms with E-state index in [0.29, 0.717) is 26.2 Å². The Morgan fingerprint density at radius 3 is 3.05 bits per heavy atom. The van der Waals surface area contributed by atoms with Gasteiger partial charge >= 0.3 is 0 Å². The highest BCUT2D eigenvalue weighted by atomic mass is 32.1. The van der Waals surface area contributed by atoms with Crippen molar-refractivity contribution in [1.82, 2.24) is 15.6 Å². The monoisotopic (exact) mass is 279 g/mol. The van der Waals surface area contributed by atoms with E-state index in [0.717, 1.165) is 10.5 Å². The number of thiazole rings is 1. The van der Waals surface area contributed by atoms with Crippen LogP contribution in [0.15, 0.2) is 24.3 Å². The second kappa shape index (κ2) is 7.18. The van der Waals surface area contributed by atoms with Gasteiger partial charge in [0.1, 0.15) is 5.01 Å². The number of aromatic nitrogens is 1. The fourth-order valence-electron chi connectivity index (χ4n) is 1.63. The van der Waals surface area contributed by atoms with Gasteiger partial charge in [0, 0.05) is 20.2 Å². The molecule has 5 nitrogen and oxygen atoms in total. The Morgan fingerprint density at radius 1 is 1.42 bits per heavy atom. The summed E-state index contributed by atoms with van der Waals surface area (Å²) >= 11 is 1.65. The number of ether oxygens (including phenoxy) is 1. The van der Waals surface area contributed by atoms with Crippen LogP contribution in [0, 0.1) is 0 Å². The number of fused-ring (bicyclic) bond motifs is 1. The Morgan fingerprint density at radius 2 is 2.26 bits per heavy atom. The summed E-state index contributed by atoms with van der Waals surface area (Å²) in [5, 5.41) is 6.83. The Hall–Kier alpha value is -1.50. The van der Waals surface area contributed by atoms with Crippen LogP contribution in [0.3, 0.4) is 0 Å². The SMILES string of the molecule is COCCNC(=O)CNCc1nc2ccccc2s1. The highest BCUT2D eigenvalue weighted by Crippen LogP contribution is 2.20. The van der Waals surface area contributed by atoms with Crippen LogP contribution < -0.4 is 10.6 Å². The van der Waals surface area contributed by atoms with Crippen molar-refractivity contribution in [2.24, 2.45) is 0 Å². The number of hydrogen-bond acceptors (Lipinski definition) is 5. The molecule has 19 heavy (non-hydrogen) atoms. The van der Waals surface area contributed by atoms with Crippen LogP contribution in [0.5, 0.6) is 0 Å². The van der Waals surface area contributed by atoms with Crippen molar-refractivity contribution in [3.63, 3.8) is 0 Å². The van der Waals surface area contributed by atoms with E-state index in [2.05, 4.69) is 15.6 Å². The molecule has 0 atom stereocenters. The van der Waals surface area contributed by atoms with Crippen molar-refractivity contribution >= 4 is 27.5 Å². The third-order valence-electron chi connectivity index (χ3n) is 2.53. The Kier molecular flexibility index (Phi) is 5.26. The lowest BCUT2D eigenvalue weighted by molar-refractivity contribution is -0.120. The van der Waals surface area contributed by atoms with E-state index in [-0.39, 0.29) is 5.91 Å². The van der Waals surface area contributed by atoms with E-state index in [4.69, 9.17) is 4.74 Å². The molecule has 0 unspecified atom stereocenters. The molecular weight excluding hydrogens is 262 g/mol. The minimum Gasteiger partial charge on any atom is -0.383 e. The smallest absolute Gasteiger partial charge is 0.234 e. The zero-order valence-electron chi connectivity index (χ0n) is 10.8. The molecule has 0 aliphatic heterocycles. The third-order valence-corrected chi connectivity index (χ3v) is 3.56. The van der Waals surface area contributed by atoms with E-state index in [1.807, 2.05) is 24.3 Å². The summed E-state index contributed by atoms with van der Waals surface area (Å²) in [4.78, 5) is 15.9. The van der Waals surface area contributed by atoms with Gasteiger partial charge in [-0.2, -0.15) is 0 Å². The second-order valence-corrected chi connectivity index (χ2v) is 5.14. The molecule has 0 radical (unpaired) electrons. The van der Waals surface area contributed by atoms with Gasteiger partial charge in [-0.05, 0) is 12.1 Å². The van der Waals surface area contributed by atoms with Crippen molar-refractivity contribution in [2.45, 2.75) is 6.54 Å². The van der Waals surface area contributed by atoms with Crippen LogP contribution in [0.1, 0.15) is 5.01 Å². The predicted molar refractivity (Wildman–Crippen MR) is 76.2 cm³/mol. The lowest BCUT2D eigenvalue weighted by atomic mass is 10.3. The molecular formula is C13H17N3O2S. The van der Waals surface area contributed by atoms with Crippen LogP contribution in [0.2, 0.25) is 0 Å². The number of nitrogens with zero attached hydrogens (tertiary/aromatic N) is 1. The van der Waals surface area contributed by atoms with E-state index in [9.17, 15) is 4.79 Å². The number of carbonyl (C=O) groups is 1. The van der Waals surface area contributed by atoms with E-state index in [1.54, 1.807) is 18.4 Å². The molecule has 0 aliphatic carbocycles. The van der Waals surface area contributed by atoms with Gasteiger partial charge in [0.05, 0.1) is 23.4 Å². The molecule has 0 spiro atoms. The molecule has 1 aromatic carbocycles. The summed E-state index contributed by atoms with van der Waals surface area (Å²) in [5.41, 5.74) is 1.01. The molecule has 102 valence electrons. The van der Waals surface area contributed by atoms with Gasteiger partial charge < -0.3 is 15.4 Å². The average molecular weight is 279 g/mol. The number of rotatable bonds is 7. The largest absolute Gasteiger partial charge is 0.383 e. The summed E-state index contributed by atoms with van der Waals surface area (Å²) in [7, 11) is 1.61. The van der Waals surface area contributed by atoms with Gasteiger partial charge in [0.25, 0.3) is 0 Å². The number of methoxy groups -OCH3 is 1. The molecule has 1 heterocycles. The van der Waals surface area contributed by atoms with Crippen LogP contribution in [-0.2, 0) is 16.1 Å². The quantitative estimate of drug-likeness (QED) is 0.746. The molecule has 2 rings (SSSR count). The average Bonchev–Trinajstić information content (AvgIpc) is 2.81. The Bertz CT molecular complexity index is 508. The van der Waals surface area contributed by atoms with Crippen molar-refractivity contribution in [3.05, 3.63) is 29.3 Å².